The maximum absolute atomic E-state index is 5.99. The van der Waals surface area contributed by atoms with Crippen LogP contribution in [0.1, 0.15) is 20.3 Å². The molecule has 0 aliphatic heterocycles. The summed E-state index contributed by atoms with van der Waals surface area (Å²) in [6.07, 6.45) is 2.43. The van der Waals surface area contributed by atoms with Gasteiger partial charge in [-0.2, -0.15) is 0 Å². The molecular weight excluding hydrogens is 252 g/mol. The number of anilines is 2. The molecule has 0 saturated carbocycles. The molecule has 1 heterocycles. The van der Waals surface area contributed by atoms with Gasteiger partial charge in [-0.05, 0) is 11.8 Å². The Morgan fingerprint density at radius 1 is 1.39 bits per heavy atom. The number of methoxy groups -OCH3 is 1. The molecule has 18 heavy (non-hydrogen) atoms. The third-order valence-corrected chi connectivity index (χ3v) is 3.05. The van der Waals surface area contributed by atoms with Crippen molar-refractivity contribution in [3.63, 3.8) is 0 Å². The van der Waals surface area contributed by atoms with Gasteiger partial charge in [0.15, 0.2) is 11.0 Å². The second-order valence-corrected chi connectivity index (χ2v) is 5.26. The van der Waals surface area contributed by atoms with Crippen molar-refractivity contribution in [3.8, 4) is 0 Å². The van der Waals surface area contributed by atoms with Gasteiger partial charge >= 0.3 is 0 Å². The molecule has 0 amide bonds. The van der Waals surface area contributed by atoms with Crippen LogP contribution in [0, 0.1) is 5.41 Å². The zero-order valence-electron chi connectivity index (χ0n) is 11.4. The van der Waals surface area contributed by atoms with Gasteiger partial charge in [-0.1, -0.05) is 25.4 Å². The first-order chi connectivity index (χ1) is 8.50. The topological polar surface area (TPSA) is 59.1 Å². The lowest BCUT2D eigenvalue weighted by atomic mass is 9.90. The van der Waals surface area contributed by atoms with Crippen LogP contribution in [0.5, 0.6) is 0 Å². The van der Waals surface area contributed by atoms with Crippen molar-refractivity contribution >= 4 is 23.1 Å². The average Bonchev–Trinajstić information content (AvgIpc) is 2.34. The van der Waals surface area contributed by atoms with Crippen LogP contribution >= 0.6 is 11.6 Å². The van der Waals surface area contributed by atoms with E-state index in [1.807, 2.05) is 0 Å². The molecule has 0 saturated heterocycles. The maximum atomic E-state index is 5.99. The van der Waals surface area contributed by atoms with Crippen LogP contribution in [-0.2, 0) is 4.74 Å². The molecule has 0 spiro atoms. The molecule has 0 aliphatic carbocycles. The third-order valence-electron chi connectivity index (χ3n) is 2.77. The number of halogens is 1. The lowest BCUT2D eigenvalue weighted by Crippen LogP contribution is -2.25. The van der Waals surface area contributed by atoms with Gasteiger partial charge in [-0.15, -0.1) is 0 Å². The van der Waals surface area contributed by atoms with E-state index in [1.165, 1.54) is 6.33 Å². The van der Waals surface area contributed by atoms with E-state index >= 15 is 0 Å². The fraction of sp³-hybridized carbons (Fsp3) is 0.667. The molecule has 5 nitrogen and oxygen atoms in total. The molecule has 1 aromatic heterocycles. The van der Waals surface area contributed by atoms with E-state index in [-0.39, 0.29) is 5.41 Å². The summed E-state index contributed by atoms with van der Waals surface area (Å²) in [7, 11) is 3.51. The standard InChI is InChI=1S/C12H21ClN4O/c1-12(2,5-6-18-4)7-15-11-9(14-3)10(13)16-8-17-11/h8,14H,5-7H2,1-4H3,(H,15,16,17). The van der Waals surface area contributed by atoms with E-state index in [0.29, 0.717) is 5.15 Å². The summed E-state index contributed by atoms with van der Waals surface area (Å²) in [5.74, 6) is 0.725. The predicted molar refractivity (Wildman–Crippen MR) is 75.4 cm³/mol. The minimum Gasteiger partial charge on any atom is -0.385 e. The molecule has 102 valence electrons. The third kappa shape index (κ3) is 4.31. The Hall–Kier alpha value is -1.07. The van der Waals surface area contributed by atoms with Gasteiger partial charge in [0.2, 0.25) is 0 Å². The lowest BCUT2D eigenvalue weighted by molar-refractivity contribution is 0.157. The molecule has 0 atom stereocenters. The molecule has 0 aromatic carbocycles. The minimum atomic E-state index is 0.123. The van der Waals surface area contributed by atoms with E-state index in [9.17, 15) is 0 Å². The predicted octanol–water partition coefficient (Wildman–Crippen LogP) is 2.65. The second kappa shape index (κ2) is 6.75. The van der Waals surface area contributed by atoms with Crippen LogP contribution in [0.3, 0.4) is 0 Å². The fourth-order valence-electron chi connectivity index (χ4n) is 1.51. The second-order valence-electron chi connectivity index (χ2n) is 4.90. The maximum Gasteiger partial charge on any atom is 0.157 e. The van der Waals surface area contributed by atoms with E-state index in [1.54, 1.807) is 14.2 Å². The van der Waals surface area contributed by atoms with Crippen LogP contribution in [-0.4, -0.2) is 37.3 Å². The van der Waals surface area contributed by atoms with Crippen molar-refractivity contribution in [1.82, 2.24) is 9.97 Å². The van der Waals surface area contributed by atoms with Crippen LogP contribution in [0.15, 0.2) is 6.33 Å². The first-order valence-electron chi connectivity index (χ1n) is 5.91. The van der Waals surface area contributed by atoms with Crippen LogP contribution < -0.4 is 10.6 Å². The molecule has 0 fully saturated rings. The van der Waals surface area contributed by atoms with Crippen LogP contribution in [0.2, 0.25) is 5.15 Å². The Kier molecular flexibility index (Phi) is 5.62. The summed E-state index contributed by atoms with van der Waals surface area (Å²) >= 11 is 5.99. The van der Waals surface area contributed by atoms with Crippen molar-refractivity contribution in [2.75, 3.05) is 37.9 Å². The van der Waals surface area contributed by atoms with Crippen LogP contribution in [0.4, 0.5) is 11.5 Å². The highest BCUT2D eigenvalue weighted by Crippen LogP contribution is 2.27. The van der Waals surface area contributed by atoms with Crippen molar-refractivity contribution < 1.29 is 4.74 Å². The van der Waals surface area contributed by atoms with E-state index in [0.717, 1.165) is 31.1 Å². The summed E-state index contributed by atoms with van der Waals surface area (Å²) < 4.78 is 5.11. The SMILES string of the molecule is CNc1c(Cl)ncnc1NCC(C)(C)CCOC. The summed E-state index contributed by atoms with van der Waals surface area (Å²) in [6.45, 7) is 5.90. The molecule has 0 radical (unpaired) electrons. The number of ether oxygens (including phenoxy) is 1. The van der Waals surface area contributed by atoms with Gasteiger partial charge in [0.05, 0.1) is 0 Å². The zero-order chi connectivity index (χ0) is 13.6. The van der Waals surface area contributed by atoms with Gasteiger partial charge in [0.1, 0.15) is 12.0 Å². The quantitative estimate of drug-likeness (QED) is 0.748. The summed E-state index contributed by atoms with van der Waals surface area (Å²) in [5.41, 5.74) is 0.847. The highest BCUT2D eigenvalue weighted by Gasteiger charge is 2.18. The Morgan fingerprint density at radius 3 is 2.72 bits per heavy atom. The minimum absolute atomic E-state index is 0.123. The van der Waals surface area contributed by atoms with Gasteiger partial charge in [0.25, 0.3) is 0 Å². The summed E-state index contributed by atoms with van der Waals surface area (Å²) in [4.78, 5) is 8.13. The summed E-state index contributed by atoms with van der Waals surface area (Å²) in [6, 6.07) is 0. The highest BCUT2D eigenvalue weighted by molar-refractivity contribution is 6.32. The van der Waals surface area contributed by atoms with Crippen LogP contribution in [0.25, 0.3) is 0 Å². The number of aromatic nitrogens is 2. The molecule has 0 bridgehead atoms. The Balaban J connectivity index is 2.65. The monoisotopic (exact) mass is 272 g/mol. The van der Waals surface area contributed by atoms with E-state index in [2.05, 4.69) is 34.4 Å². The first kappa shape index (κ1) is 15.0. The summed E-state index contributed by atoms with van der Waals surface area (Å²) in [5, 5.41) is 6.72. The van der Waals surface area contributed by atoms with Crippen molar-refractivity contribution in [1.29, 1.82) is 0 Å². The van der Waals surface area contributed by atoms with E-state index < -0.39 is 0 Å². The van der Waals surface area contributed by atoms with E-state index in [4.69, 9.17) is 16.3 Å². The molecular formula is C12H21ClN4O. The van der Waals surface area contributed by atoms with Crippen molar-refractivity contribution in [2.45, 2.75) is 20.3 Å². The molecule has 2 N–H and O–H groups in total. The number of nitrogens with one attached hydrogen (secondary N) is 2. The highest BCUT2D eigenvalue weighted by atomic mass is 35.5. The molecule has 1 rings (SSSR count). The Bertz CT molecular complexity index is 384. The lowest BCUT2D eigenvalue weighted by Gasteiger charge is -2.25. The molecule has 6 heteroatoms. The van der Waals surface area contributed by atoms with Crippen molar-refractivity contribution in [3.05, 3.63) is 11.5 Å². The smallest absolute Gasteiger partial charge is 0.157 e. The van der Waals surface area contributed by atoms with Gasteiger partial charge in [-0.3, -0.25) is 0 Å². The normalized spacial score (nSPS) is 11.4. The number of hydrogen-bond donors (Lipinski definition) is 2. The number of rotatable bonds is 7. The number of nitrogens with zero attached hydrogens (tertiary/aromatic N) is 2. The van der Waals surface area contributed by atoms with Gasteiger partial charge < -0.3 is 15.4 Å². The Morgan fingerprint density at radius 2 is 2.11 bits per heavy atom. The Labute approximate surface area is 113 Å². The van der Waals surface area contributed by atoms with Gasteiger partial charge in [0, 0.05) is 27.3 Å². The zero-order valence-corrected chi connectivity index (χ0v) is 12.1. The molecule has 0 aliphatic rings. The number of hydrogen-bond acceptors (Lipinski definition) is 5. The largest absolute Gasteiger partial charge is 0.385 e. The molecule has 1 aromatic rings. The fourth-order valence-corrected chi connectivity index (χ4v) is 1.74. The van der Waals surface area contributed by atoms with Crippen molar-refractivity contribution in [2.24, 2.45) is 5.41 Å². The first-order valence-corrected chi connectivity index (χ1v) is 6.29. The molecule has 0 unspecified atom stereocenters. The average molecular weight is 273 g/mol. The van der Waals surface area contributed by atoms with Gasteiger partial charge in [-0.25, -0.2) is 9.97 Å².